The highest BCUT2D eigenvalue weighted by Gasteiger charge is 2.39. The normalized spacial score (nSPS) is 17.2. The fraction of sp³-hybridized carbons (Fsp3) is 0.588. The van der Waals surface area contributed by atoms with Gasteiger partial charge < -0.3 is 20.3 Å². The number of ether oxygens (including phenoxy) is 1. The number of piperidine rings is 1. The number of nitrogens with one attached hydrogen (secondary N) is 2. The van der Waals surface area contributed by atoms with Gasteiger partial charge in [0.05, 0.1) is 6.04 Å². The van der Waals surface area contributed by atoms with Crippen LogP contribution < -0.4 is 10.6 Å². The molecule has 1 fully saturated rings. The van der Waals surface area contributed by atoms with Gasteiger partial charge in [0.2, 0.25) is 0 Å². The van der Waals surface area contributed by atoms with Crippen LogP contribution >= 0.6 is 24.8 Å². The van der Waals surface area contributed by atoms with Crippen molar-refractivity contribution >= 4 is 30.7 Å². The van der Waals surface area contributed by atoms with Gasteiger partial charge in [-0.15, -0.1) is 24.8 Å². The second kappa shape index (κ2) is 10.9. The lowest BCUT2D eigenvalue weighted by Gasteiger charge is -2.35. The molecule has 0 bridgehead atoms. The largest absolute Gasteiger partial charge is 0.368 e. The van der Waals surface area contributed by atoms with E-state index in [4.69, 9.17) is 4.74 Å². The van der Waals surface area contributed by atoms with E-state index in [0.717, 1.165) is 18.7 Å². The summed E-state index contributed by atoms with van der Waals surface area (Å²) >= 11 is 0. The Morgan fingerprint density at radius 2 is 1.84 bits per heavy atom. The number of rotatable bonds is 6. The Hall–Kier alpha value is -0.920. The number of hydrogen-bond acceptors (Lipinski definition) is 4. The van der Waals surface area contributed by atoms with Gasteiger partial charge in [0.25, 0.3) is 5.91 Å². The minimum absolute atomic E-state index is 0. The maximum Gasteiger partial charge on any atom is 0.252 e. The summed E-state index contributed by atoms with van der Waals surface area (Å²) in [6.45, 7) is 2.00. The third-order valence-corrected chi connectivity index (χ3v) is 4.55. The average Bonchev–Trinajstić information content (AvgIpc) is 2.56. The SMILES string of the molecule is COC1(C(=O)NCC(c2ccc(F)cc2)N(C)C)CCNCC1.Cl.Cl. The second-order valence-corrected chi connectivity index (χ2v) is 6.19. The molecule has 1 unspecified atom stereocenters. The lowest BCUT2D eigenvalue weighted by molar-refractivity contribution is -0.146. The minimum atomic E-state index is -0.745. The first-order valence-corrected chi connectivity index (χ1v) is 7.94. The van der Waals surface area contributed by atoms with Crippen molar-refractivity contribution in [3.63, 3.8) is 0 Å². The molecule has 2 rings (SSSR count). The Balaban J connectivity index is 0.00000288. The van der Waals surface area contributed by atoms with E-state index >= 15 is 0 Å². The zero-order valence-electron chi connectivity index (χ0n) is 14.9. The van der Waals surface area contributed by atoms with Crippen molar-refractivity contribution < 1.29 is 13.9 Å². The fourth-order valence-electron chi connectivity index (χ4n) is 2.99. The molecule has 0 aliphatic carbocycles. The van der Waals surface area contributed by atoms with Crippen LogP contribution in [0, 0.1) is 5.82 Å². The molecule has 8 heteroatoms. The van der Waals surface area contributed by atoms with Gasteiger partial charge in [-0.05, 0) is 57.7 Å². The quantitative estimate of drug-likeness (QED) is 0.774. The summed E-state index contributed by atoms with van der Waals surface area (Å²) in [5.41, 5.74) is 0.221. The van der Waals surface area contributed by atoms with Crippen LogP contribution in [0.3, 0.4) is 0 Å². The topological polar surface area (TPSA) is 53.6 Å². The number of benzene rings is 1. The number of methoxy groups -OCH3 is 1. The minimum Gasteiger partial charge on any atom is -0.368 e. The summed E-state index contributed by atoms with van der Waals surface area (Å²) in [5.74, 6) is -0.334. The highest BCUT2D eigenvalue weighted by atomic mass is 35.5. The Kier molecular flexibility index (Phi) is 10.5. The van der Waals surface area contributed by atoms with Crippen LogP contribution in [-0.2, 0) is 9.53 Å². The summed E-state index contributed by atoms with van der Waals surface area (Å²) in [4.78, 5) is 14.6. The van der Waals surface area contributed by atoms with Crippen molar-refractivity contribution in [2.24, 2.45) is 0 Å². The average molecular weight is 396 g/mol. The van der Waals surface area contributed by atoms with Gasteiger partial charge in [-0.25, -0.2) is 4.39 Å². The second-order valence-electron chi connectivity index (χ2n) is 6.19. The molecule has 2 N–H and O–H groups in total. The molecule has 1 heterocycles. The molecule has 0 radical (unpaired) electrons. The summed E-state index contributed by atoms with van der Waals surface area (Å²) in [5, 5.41) is 6.25. The molecule has 1 aromatic carbocycles. The van der Waals surface area contributed by atoms with Crippen molar-refractivity contribution in [3.8, 4) is 0 Å². The van der Waals surface area contributed by atoms with Crippen molar-refractivity contribution in [2.75, 3.05) is 40.8 Å². The van der Waals surface area contributed by atoms with E-state index in [1.54, 1.807) is 19.2 Å². The predicted octanol–water partition coefficient (Wildman–Crippen LogP) is 2.16. The Morgan fingerprint density at radius 1 is 1.28 bits per heavy atom. The molecule has 5 nitrogen and oxygen atoms in total. The van der Waals surface area contributed by atoms with Gasteiger partial charge in [-0.2, -0.15) is 0 Å². The fourth-order valence-corrected chi connectivity index (χ4v) is 2.99. The molecule has 25 heavy (non-hydrogen) atoms. The van der Waals surface area contributed by atoms with Crippen LogP contribution in [0.15, 0.2) is 24.3 Å². The number of carbonyl (C=O) groups excluding carboxylic acids is 1. The molecular formula is C17H28Cl2FN3O2. The monoisotopic (exact) mass is 395 g/mol. The predicted molar refractivity (Wildman–Crippen MR) is 102 cm³/mol. The first-order chi connectivity index (χ1) is 11.0. The molecule has 1 saturated heterocycles. The van der Waals surface area contributed by atoms with Crippen molar-refractivity contribution in [1.82, 2.24) is 15.5 Å². The standard InChI is InChI=1S/C17H26FN3O2.2ClH/c1-21(2)15(13-4-6-14(18)7-5-13)12-20-16(22)17(23-3)8-10-19-11-9-17;;/h4-7,15,19H,8-12H2,1-3H3,(H,20,22);2*1H. The Labute approximate surface area is 161 Å². The van der Waals surface area contributed by atoms with Gasteiger partial charge in [0.15, 0.2) is 0 Å². The third-order valence-electron chi connectivity index (χ3n) is 4.55. The molecular weight excluding hydrogens is 368 g/mol. The van der Waals surface area contributed by atoms with Crippen LogP contribution in [0.1, 0.15) is 24.4 Å². The van der Waals surface area contributed by atoms with E-state index in [1.165, 1.54) is 12.1 Å². The number of carbonyl (C=O) groups is 1. The molecule has 0 aromatic heterocycles. The van der Waals surface area contributed by atoms with Crippen molar-refractivity contribution in [1.29, 1.82) is 0 Å². The van der Waals surface area contributed by atoms with Crippen LogP contribution in [0.2, 0.25) is 0 Å². The molecule has 144 valence electrons. The number of nitrogens with zero attached hydrogens (tertiary/aromatic N) is 1. The van der Waals surface area contributed by atoms with Gasteiger partial charge >= 0.3 is 0 Å². The van der Waals surface area contributed by atoms with E-state index in [9.17, 15) is 9.18 Å². The van der Waals surface area contributed by atoms with Crippen LogP contribution in [0.5, 0.6) is 0 Å². The van der Waals surface area contributed by atoms with E-state index < -0.39 is 5.60 Å². The van der Waals surface area contributed by atoms with Gasteiger partial charge in [-0.1, -0.05) is 12.1 Å². The van der Waals surface area contributed by atoms with Crippen LogP contribution in [-0.4, -0.2) is 57.2 Å². The van der Waals surface area contributed by atoms with Crippen LogP contribution in [0.4, 0.5) is 4.39 Å². The first-order valence-electron chi connectivity index (χ1n) is 7.94. The summed E-state index contributed by atoms with van der Waals surface area (Å²) < 4.78 is 18.6. The third kappa shape index (κ3) is 6.08. The van der Waals surface area contributed by atoms with E-state index in [-0.39, 0.29) is 42.6 Å². The first kappa shape index (κ1) is 24.1. The lowest BCUT2D eigenvalue weighted by Crippen LogP contribution is -2.55. The molecule has 1 atom stereocenters. The maximum absolute atomic E-state index is 13.1. The van der Waals surface area contributed by atoms with Crippen molar-refractivity contribution in [2.45, 2.75) is 24.5 Å². The van der Waals surface area contributed by atoms with Gasteiger partial charge in [-0.3, -0.25) is 4.79 Å². The van der Waals surface area contributed by atoms with Gasteiger partial charge in [0.1, 0.15) is 11.4 Å². The zero-order valence-corrected chi connectivity index (χ0v) is 16.5. The lowest BCUT2D eigenvalue weighted by atomic mass is 9.91. The van der Waals surface area contributed by atoms with Crippen molar-refractivity contribution in [3.05, 3.63) is 35.6 Å². The Morgan fingerprint density at radius 3 is 2.32 bits per heavy atom. The van der Waals surface area contributed by atoms with Gasteiger partial charge in [0, 0.05) is 13.7 Å². The molecule has 1 aliphatic rings. The van der Waals surface area contributed by atoms with E-state index in [1.807, 2.05) is 19.0 Å². The Bertz CT molecular complexity index is 523. The molecule has 0 saturated carbocycles. The molecule has 1 amide bonds. The molecule has 0 spiro atoms. The number of likely N-dealkylation sites (N-methyl/N-ethyl adjacent to an activating group) is 1. The molecule has 1 aromatic rings. The number of amides is 1. The number of hydrogen-bond donors (Lipinski definition) is 2. The smallest absolute Gasteiger partial charge is 0.252 e. The maximum atomic E-state index is 13.1. The summed E-state index contributed by atoms with van der Waals surface area (Å²) in [7, 11) is 5.47. The van der Waals surface area contributed by atoms with E-state index in [0.29, 0.717) is 19.4 Å². The highest BCUT2D eigenvalue weighted by molar-refractivity contribution is 5.86. The molecule has 1 aliphatic heterocycles. The summed E-state index contributed by atoms with van der Waals surface area (Å²) in [6, 6.07) is 6.37. The zero-order chi connectivity index (χ0) is 16.9. The van der Waals surface area contributed by atoms with Crippen LogP contribution in [0.25, 0.3) is 0 Å². The van der Waals surface area contributed by atoms with E-state index in [2.05, 4.69) is 10.6 Å². The summed E-state index contributed by atoms with van der Waals surface area (Å²) in [6.07, 6.45) is 1.33. The number of halogens is 3. The highest BCUT2D eigenvalue weighted by Crippen LogP contribution is 2.23.